The van der Waals surface area contributed by atoms with Gasteiger partial charge in [-0.15, -0.1) is 0 Å². The predicted molar refractivity (Wildman–Crippen MR) is 143 cm³/mol. The Bertz CT molecular complexity index is 1280. The largest absolute Gasteiger partial charge is 0.493 e. The van der Waals surface area contributed by atoms with E-state index in [4.69, 9.17) is 14.6 Å². The van der Waals surface area contributed by atoms with Gasteiger partial charge >= 0.3 is 11.9 Å². The van der Waals surface area contributed by atoms with E-state index in [-0.39, 0.29) is 17.9 Å². The van der Waals surface area contributed by atoms with Crippen molar-refractivity contribution in [3.05, 3.63) is 108 Å². The van der Waals surface area contributed by atoms with Crippen LogP contribution in [0.1, 0.15) is 35.7 Å². The summed E-state index contributed by atoms with van der Waals surface area (Å²) in [5.41, 5.74) is 2.84. The molecule has 37 heavy (non-hydrogen) atoms. The summed E-state index contributed by atoms with van der Waals surface area (Å²) < 4.78 is 11.8. The third kappa shape index (κ3) is 6.54. The fraction of sp³-hybridized carbons (Fsp3) is 0.226. The fourth-order valence-corrected chi connectivity index (χ4v) is 4.11. The normalized spacial score (nSPS) is 17.6. The lowest BCUT2D eigenvalue weighted by molar-refractivity contribution is -0.159. The molecule has 6 nitrogen and oxygen atoms in total. The SMILES string of the molecule is CC(CCOC1(C(=O)O)C=CC(c2ccccc2)=CC1)COc1ccc(-c2ccc(C(=O)O)cc2)cc1. The molecule has 0 amide bonds. The van der Waals surface area contributed by atoms with Crippen molar-refractivity contribution < 1.29 is 29.3 Å². The van der Waals surface area contributed by atoms with Gasteiger partial charge in [-0.25, -0.2) is 9.59 Å². The molecule has 0 saturated carbocycles. The van der Waals surface area contributed by atoms with E-state index in [1.165, 1.54) is 0 Å². The Morgan fingerprint density at radius 1 is 0.892 bits per heavy atom. The van der Waals surface area contributed by atoms with E-state index in [0.29, 0.717) is 19.6 Å². The Balaban J connectivity index is 1.25. The molecule has 0 spiro atoms. The average molecular weight is 499 g/mol. The third-order valence-corrected chi connectivity index (χ3v) is 6.45. The first-order chi connectivity index (χ1) is 17.9. The second-order valence-electron chi connectivity index (χ2n) is 9.22. The maximum atomic E-state index is 12.0. The number of aromatic carboxylic acids is 1. The molecule has 1 aliphatic carbocycles. The lowest BCUT2D eigenvalue weighted by atomic mass is 9.89. The van der Waals surface area contributed by atoms with Gasteiger partial charge in [-0.2, -0.15) is 0 Å². The summed E-state index contributed by atoms with van der Waals surface area (Å²) in [5, 5.41) is 18.9. The number of allylic oxidation sites excluding steroid dienone is 2. The van der Waals surface area contributed by atoms with Gasteiger partial charge in [0.15, 0.2) is 5.60 Å². The van der Waals surface area contributed by atoms with E-state index < -0.39 is 17.5 Å². The van der Waals surface area contributed by atoms with Gasteiger partial charge in [0.25, 0.3) is 0 Å². The number of carboxylic acid groups (broad SMARTS) is 2. The number of benzene rings is 3. The summed E-state index contributed by atoms with van der Waals surface area (Å²) in [5.74, 6) is -1.04. The van der Waals surface area contributed by atoms with Gasteiger partial charge in [-0.05, 0) is 64.9 Å². The number of ether oxygens (including phenoxy) is 2. The minimum Gasteiger partial charge on any atom is -0.493 e. The Hall–Kier alpha value is -4.16. The molecule has 3 aromatic carbocycles. The van der Waals surface area contributed by atoms with Crippen molar-refractivity contribution >= 4 is 17.5 Å². The maximum Gasteiger partial charge on any atom is 0.340 e. The average Bonchev–Trinajstić information content (AvgIpc) is 2.93. The molecule has 0 fully saturated rings. The van der Waals surface area contributed by atoms with Crippen molar-refractivity contribution in [2.45, 2.75) is 25.4 Å². The highest BCUT2D eigenvalue weighted by atomic mass is 16.5. The first-order valence-electron chi connectivity index (χ1n) is 12.2. The molecule has 2 N–H and O–H groups in total. The van der Waals surface area contributed by atoms with E-state index in [2.05, 4.69) is 0 Å². The van der Waals surface area contributed by atoms with Crippen LogP contribution in [0.4, 0.5) is 0 Å². The van der Waals surface area contributed by atoms with Crippen LogP contribution in [0.15, 0.2) is 97.1 Å². The maximum absolute atomic E-state index is 12.0. The summed E-state index contributed by atoms with van der Waals surface area (Å²) in [6.07, 6.45) is 6.32. The topological polar surface area (TPSA) is 93.1 Å². The molecule has 4 rings (SSSR count). The molecule has 0 aliphatic heterocycles. The zero-order valence-corrected chi connectivity index (χ0v) is 20.7. The van der Waals surface area contributed by atoms with Gasteiger partial charge in [0.05, 0.1) is 12.2 Å². The van der Waals surface area contributed by atoms with Crippen molar-refractivity contribution in [1.82, 2.24) is 0 Å². The van der Waals surface area contributed by atoms with Gasteiger partial charge in [-0.3, -0.25) is 0 Å². The van der Waals surface area contributed by atoms with Crippen LogP contribution < -0.4 is 4.74 Å². The molecule has 0 aromatic heterocycles. The number of hydrogen-bond acceptors (Lipinski definition) is 4. The van der Waals surface area contributed by atoms with Gasteiger partial charge < -0.3 is 19.7 Å². The zero-order valence-electron chi connectivity index (χ0n) is 20.7. The second kappa shape index (κ2) is 11.7. The monoisotopic (exact) mass is 498 g/mol. The Morgan fingerprint density at radius 3 is 2.11 bits per heavy atom. The molecule has 0 radical (unpaired) electrons. The van der Waals surface area contributed by atoms with E-state index in [1.807, 2.05) is 73.7 Å². The lowest BCUT2D eigenvalue weighted by Crippen LogP contribution is -2.40. The van der Waals surface area contributed by atoms with Gasteiger partial charge in [0.1, 0.15) is 5.75 Å². The highest BCUT2D eigenvalue weighted by Crippen LogP contribution is 2.30. The van der Waals surface area contributed by atoms with Crippen LogP contribution in [0.2, 0.25) is 0 Å². The summed E-state index contributed by atoms with van der Waals surface area (Å²) in [6, 6.07) is 24.2. The molecule has 190 valence electrons. The van der Waals surface area contributed by atoms with Crippen LogP contribution in [0.25, 0.3) is 16.7 Å². The van der Waals surface area contributed by atoms with Gasteiger partial charge in [0, 0.05) is 13.0 Å². The number of carboxylic acids is 2. The second-order valence-corrected chi connectivity index (χ2v) is 9.22. The molecule has 2 unspecified atom stereocenters. The number of carbonyl (C=O) groups is 2. The number of hydrogen-bond donors (Lipinski definition) is 2. The van der Waals surface area contributed by atoms with Gasteiger partial charge in [-0.1, -0.05) is 73.7 Å². The van der Waals surface area contributed by atoms with Crippen LogP contribution in [-0.4, -0.2) is 41.0 Å². The van der Waals surface area contributed by atoms with Crippen molar-refractivity contribution in [2.75, 3.05) is 13.2 Å². The molecular formula is C31H30O6. The fourth-order valence-electron chi connectivity index (χ4n) is 4.11. The Labute approximate surface area is 216 Å². The Kier molecular flexibility index (Phi) is 8.21. The molecule has 0 saturated heterocycles. The van der Waals surface area contributed by atoms with Crippen LogP contribution in [0, 0.1) is 5.92 Å². The number of aliphatic carboxylic acids is 1. The Morgan fingerprint density at radius 2 is 1.54 bits per heavy atom. The molecule has 2 atom stereocenters. The molecule has 0 heterocycles. The highest BCUT2D eigenvalue weighted by Gasteiger charge is 2.37. The molecular weight excluding hydrogens is 468 g/mol. The predicted octanol–water partition coefficient (Wildman–Crippen LogP) is 6.34. The minimum atomic E-state index is -1.35. The molecule has 0 bridgehead atoms. The van der Waals surface area contributed by atoms with Crippen LogP contribution in [0.5, 0.6) is 5.75 Å². The van der Waals surface area contributed by atoms with E-state index in [0.717, 1.165) is 28.0 Å². The molecule has 6 heteroatoms. The van der Waals surface area contributed by atoms with Crippen LogP contribution >= 0.6 is 0 Å². The molecule has 1 aliphatic rings. The minimum absolute atomic E-state index is 0.164. The van der Waals surface area contributed by atoms with E-state index in [1.54, 1.807) is 30.3 Å². The third-order valence-electron chi connectivity index (χ3n) is 6.45. The van der Waals surface area contributed by atoms with Crippen molar-refractivity contribution in [2.24, 2.45) is 5.92 Å². The van der Waals surface area contributed by atoms with Crippen molar-refractivity contribution in [3.63, 3.8) is 0 Å². The standard InChI is InChI=1S/C31H30O6/c1-22(21-36-28-13-11-25(12-14-28)24-7-9-27(10-8-24)29(32)33)17-20-37-31(30(34)35)18-15-26(16-19-31)23-5-3-2-4-6-23/h2-16,18,22H,17,19-21H2,1H3,(H,32,33)(H,34,35). The summed E-state index contributed by atoms with van der Waals surface area (Å²) >= 11 is 0. The quantitative estimate of drug-likeness (QED) is 0.320. The first-order valence-corrected chi connectivity index (χ1v) is 12.2. The summed E-state index contributed by atoms with van der Waals surface area (Å²) in [6.45, 7) is 2.82. The highest BCUT2D eigenvalue weighted by molar-refractivity contribution is 5.88. The van der Waals surface area contributed by atoms with E-state index in [9.17, 15) is 14.7 Å². The van der Waals surface area contributed by atoms with Crippen LogP contribution in [-0.2, 0) is 9.53 Å². The number of rotatable bonds is 11. The smallest absolute Gasteiger partial charge is 0.340 e. The van der Waals surface area contributed by atoms with Crippen molar-refractivity contribution in [1.29, 1.82) is 0 Å². The first kappa shape index (κ1) is 25.9. The molecule has 3 aromatic rings. The van der Waals surface area contributed by atoms with Gasteiger partial charge in [0.2, 0.25) is 0 Å². The van der Waals surface area contributed by atoms with E-state index >= 15 is 0 Å². The van der Waals surface area contributed by atoms with Crippen LogP contribution in [0.3, 0.4) is 0 Å². The summed E-state index contributed by atoms with van der Waals surface area (Å²) in [7, 11) is 0. The summed E-state index contributed by atoms with van der Waals surface area (Å²) in [4.78, 5) is 23.0. The lowest BCUT2D eigenvalue weighted by Gasteiger charge is -2.29. The van der Waals surface area contributed by atoms with Crippen molar-refractivity contribution in [3.8, 4) is 16.9 Å². The zero-order chi connectivity index (χ0) is 26.3.